The average molecular weight is 336 g/mol. The van der Waals surface area contributed by atoms with Gasteiger partial charge in [0.2, 0.25) is 0 Å². The van der Waals surface area contributed by atoms with Gasteiger partial charge in [0, 0.05) is 5.56 Å². The normalized spacial score (nSPS) is 15.5. The number of anilines is 1. The van der Waals surface area contributed by atoms with Gasteiger partial charge in [0.25, 0.3) is 0 Å². The topological polar surface area (TPSA) is 57.2 Å². The highest BCUT2D eigenvalue weighted by Gasteiger charge is 2.22. The molecule has 1 saturated heterocycles. The van der Waals surface area contributed by atoms with Gasteiger partial charge >= 0.3 is 0 Å². The summed E-state index contributed by atoms with van der Waals surface area (Å²) in [6.07, 6.45) is 1.67. The first kappa shape index (κ1) is 15.1. The number of nitrogens with one attached hydrogen (secondary N) is 1. The number of benzene rings is 1. The third kappa shape index (κ3) is 2.96. The summed E-state index contributed by atoms with van der Waals surface area (Å²) in [4.78, 5) is 13.9. The Kier molecular flexibility index (Phi) is 4.11. The molecular weight excluding hydrogens is 318 g/mol. The Bertz CT molecular complexity index is 872. The van der Waals surface area contributed by atoms with E-state index < -0.39 is 0 Å². The van der Waals surface area contributed by atoms with Gasteiger partial charge in [0.15, 0.2) is 0 Å². The second-order valence-corrected chi connectivity index (χ2v) is 6.95. The highest BCUT2D eigenvalue weighted by Crippen LogP contribution is 2.26. The van der Waals surface area contributed by atoms with Gasteiger partial charge < -0.3 is 9.80 Å². The van der Waals surface area contributed by atoms with Crippen LogP contribution in [0.3, 0.4) is 0 Å². The van der Waals surface area contributed by atoms with Gasteiger partial charge in [-0.3, -0.25) is 0 Å². The van der Waals surface area contributed by atoms with Crippen molar-refractivity contribution in [3.8, 4) is 6.07 Å². The van der Waals surface area contributed by atoms with Gasteiger partial charge in [-0.1, -0.05) is 12.1 Å². The molecule has 0 spiro atoms. The summed E-state index contributed by atoms with van der Waals surface area (Å²) in [6, 6.07) is 12.2. The van der Waals surface area contributed by atoms with Crippen LogP contribution in [0, 0.1) is 11.3 Å². The first-order chi connectivity index (χ1) is 11.8. The average Bonchev–Trinajstić information content (AvgIpc) is 3.12. The van der Waals surface area contributed by atoms with Crippen LogP contribution >= 0.6 is 11.3 Å². The molecule has 3 aromatic rings. The molecule has 1 aromatic carbocycles. The second-order valence-electron chi connectivity index (χ2n) is 6.06. The fourth-order valence-corrected chi connectivity index (χ4v) is 3.95. The molecule has 1 aliphatic heterocycles. The molecule has 6 heteroatoms. The molecule has 0 radical (unpaired) electrons. The van der Waals surface area contributed by atoms with E-state index in [2.05, 4.69) is 44.5 Å². The van der Waals surface area contributed by atoms with E-state index in [1.165, 1.54) is 5.56 Å². The van der Waals surface area contributed by atoms with Crippen molar-refractivity contribution >= 4 is 27.4 Å². The van der Waals surface area contributed by atoms with Crippen molar-refractivity contribution in [2.24, 2.45) is 0 Å². The molecule has 1 aliphatic rings. The lowest BCUT2D eigenvalue weighted by atomic mass is 10.1. The quantitative estimate of drug-likeness (QED) is 0.787. The molecule has 0 aliphatic carbocycles. The number of piperazine rings is 1. The van der Waals surface area contributed by atoms with E-state index in [0.717, 1.165) is 54.3 Å². The maximum atomic E-state index is 8.88. The Morgan fingerprint density at radius 3 is 2.67 bits per heavy atom. The molecule has 5 nitrogen and oxygen atoms in total. The fourth-order valence-electron chi connectivity index (χ4n) is 3.23. The van der Waals surface area contributed by atoms with Crippen LogP contribution in [0.4, 0.5) is 5.82 Å². The molecule has 0 amide bonds. The van der Waals surface area contributed by atoms with Crippen LogP contribution in [0.2, 0.25) is 0 Å². The predicted molar refractivity (Wildman–Crippen MR) is 95.2 cm³/mol. The van der Waals surface area contributed by atoms with Crippen LogP contribution in [0.25, 0.3) is 10.2 Å². The predicted octanol–water partition coefficient (Wildman–Crippen LogP) is 1.47. The fraction of sp³-hybridized carbons (Fsp3) is 0.278. The highest BCUT2D eigenvalue weighted by atomic mass is 32.1. The number of fused-ring (bicyclic) bond motifs is 1. The number of hydrogen-bond acceptors (Lipinski definition) is 5. The Labute approximate surface area is 144 Å². The minimum Gasteiger partial charge on any atom is -0.345 e. The third-order valence-electron chi connectivity index (χ3n) is 4.55. The molecule has 2 aromatic heterocycles. The number of thiophene rings is 1. The Hall–Kier alpha value is -2.49. The summed E-state index contributed by atoms with van der Waals surface area (Å²) in [5, 5.41) is 12.1. The van der Waals surface area contributed by atoms with Crippen molar-refractivity contribution in [2.45, 2.75) is 6.54 Å². The molecule has 0 atom stereocenters. The van der Waals surface area contributed by atoms with Crippen LogP contribution in [0.5, 0.6) is 0 Å². The number of hydrogen-bond donors (Lipinski definition) is 1. The monoisotopic (exact) mass is 336 g/mol. The molecule has 1 N–H and O–H groups in total. The number of nitrogens with zero attached hydrogens (tertiary/aromatic N) is 4. The minimum absolute atomic E-state index is 0.724. The Morgan fingerprint density at radius 1 is 1.12 bits per heavy atom. The first-order valence-corrected chi connectivity index (χ1v) is 8.97. The van der Waals surface area contributed by atoms with Crippen LogP contribution < -0.4 is 9.80 Å². The number of nitriles is 1. The summed E-state index contributed by atoms with van der Waals surface area (Å²) >= 11 is 1.66. The summed E-state index contributed by atoms with van der Waals surface area (Å²) in [6.45, 7) is 5.21. The molecular formula is C18H18N5S+. The summed E-state index contributed by atoms with van der Waals surface area (Å²) < 4.78 is 0. The zero-order chi connectivity index (χ0) is 16.4. The Morgan fingerprint density at radius 2 is 1.92 bits per heavy atom. The van der Waals surface area contributed by atoms with Crippen molar-refractivity contribution in [1.82, 2.24) is 9.97 Å². The lowest BCUT2D eigenvalue weighted by Crippen LogP contribution is -3.13. The lowest BCUT2D eigenvalue weighted by molar-refractivity contribution is -0.914. The van der Waals surface area contributed by atoms with E-state index in [1.54, 1.807) is 22.6 Å². The molecule has 0 bridgehead atoms. The van der Waals surface area contributed by atoms with Crippen LogP contribution in [0.15, 0.2) is 42.0 Å². The molecule has 24 heavy (non-hydrogen) atoms. The van der Waals surface area contributed by atoms with Gasteiger partial charge in [-0.2, -0.15) is 5.26 Å². The van der Waals surface area contributed by atoms with Crippen molar-refractivity contribution in [3.63, 3.8) is 0 Å². The van der Waals surface area contributed by atoms with Crippen molar-refractivity contribution < 1.29 is 4.90 Å². The first-order valence-electron chi connectivity index (χ1n) is 8.09. The summed E-state index contributed by atoms with van der Waals surface area (Å²) in [5.74, 6) is 1.07. The van der Waals surface area contributed by atoms with Crippen LogP contribution in [-0.4, -0.2) is 36.1 Å². The van der Waals surface area contributed by atoms with Crippen molar-refractivity contribution in [2.75, 3.05) is 31.1 Å². The zero-order valence-corrected chi connectivity index (χ0v) is 14.1. The molecule has 0 saturated carbocycles. The molecule has 1 fully saturated rings. The largest absolute Gasteiger partial charge is 0.345 e. The summed E-state index contributed by atoms with van der Waals surface area (Å²) in [5.41, 5.74) is 2.02. The van der Waals surface area contributed by atoms with E-state index in [1.807, 2.05) is 12.1 Å². The van der Waals surface area contributed by atoms with Crippen molar-refractivity contribution in [3.05, 3.63) is 53.2 Å². The van der Waals surface area contributed by atoms with Gasteiger partial charge in [0.05, 0.1) is 43.2 Å². The smallest absolute Gasteiger partial charge is 0.141 e. The van der Waals surface area contributed by atoms with E-state index in [0.29, 0.717) is 0 Å². The van der Waals surface area contributed by atoms with Crippen LogP contribution in [-0.2, 0) is 6.54 Å². The molecule has 120 valence electrons. The third-order valence-corrected chi connectivity index (χ3v) is 5.37. The molecule has 3 heterocycles. The number of quaternary nitrogens is 1. The van der Waals surface area contributed by atoms with Gasteiger partial charge in [-0.05, 0) is 23.6 Å². The summed E-state index contributed by atoms with van der Waals surface area (Å²) in [7, 11) is 0. The standard InChI is InChI=1S/C18H17N5S/c19-11-14-1-3-15(4-2-14)12-22-6-8-23(9-7-22)17-16-5-10-24-18(16)21-13-20-17/h1-5,10,13H,6-9,12H2/p+1. The SMILES string of the molecule is N#Cc1ccc(C[NH+]2CCN(c3ncnc4sccc34)CC2)cc1. The van der Waals surface area contributed by atoms with Gasteiger partial charge in [-0.25, -0.2) is 9.97 Å². The van der Waals surface area contributed by atoms with Crippen molar-refractivity contribution in [1.29, 1.82) is 5.26 Å². The second kappa shape index (κ2) is 6.56. The molecule has 4 rings (SSSR count). The zero-order valence-electron chi connectivity index (χ0n) is 13.3. The number of aromatic nitrogens is 2. The maximum Gasteiger partial charge on any atom is 0.141 e. The van der Waals surface area contributed by atoms with Gasteiger partial charge in [0.1, 0.15) is 23.5 Å². The van der Waals surface area contributed by atoms with E-state index in [4.69, 9.17) is 5.26 Å². The highest BCUT2D eigenvalue weighted by molar-refractivity contribution is 7.16. The maximum absolute atomic E-state index is 8.88. The minimum atomic E-state index is 0.724. The van der Waals surface area contributed by atoms with E-state index in [9.17, 15) is 0 Å². The number of rotatable bonds is 3. The van der Waals surface area contributed by atoms with Gasteiger partial charge in [-0.15, -0.1) is 11.3 Å². The van der Waals surface area contributed by atoms with E-state index >= 15 is 0 Å². The van der Waals surface area contributed by atoms with E-state index in [-0.39, 0.29) is 0 Å². The Balaban J connectivity index is 1.41. The lowest BCUT2D eigenvalue weighted by Gasteiger charge is -2.33. The van der Waals surface area contributed by atoms with Crippen LogP contribution in [0.1, 0.15) is 11.1 Å². The molecule has 0 unspecified atom stereocenters.